The minimum atomic E-state index is -0.902. The molecule has 0 amide bonds. The molecule has 6 rings (SSSR count). The molecule has 4 N–H and O–H groups in total. The molecule has 13 heteroatoms. The van der Waals surface area contributed by atoms with Gasteiger partial charge in [0.25, 0.3) is 0 Å². The van der Waals surface area contributed by atoms with Gasteiger partial charge < -0.3 is 43.8 Å². The highest BCUT2D eigenvalue weighted by atomic mass is 19.1. The van der Waals surface area contributed by atoms with Crippen LogP contribution in [-0.4, -0.2) is 68.8 Å². The van der Waals surface area contributed by atoms with Gasteiger partial charge >= 0.3 is 17.9 Å². The van der Waals surface area contributed by atoms with Crippen molar-refractivity contribution in [3.63, 3.8) is 0 Å². The van der Waals surface area contributed by atoms with Gasteiger partial charge in [-0.05, 0) is 127 Å². The molecule has 4 aromatic carbocycles. The number of carbonyl (C=O) groups is 3. The van der Waals surface area contributed by atoms with Crippen molar-refractivity contribution < 1.29 is 53.4 Å². The number of esters is 1. The molecule has 0 bridgehead atoms. The van der Waals surface area contributed by atoms with Gasteiger partial charge in [-0.1, -0.05) is 0 Å². The van der Waals surface area contributed by atoms with Crippen molar-refractivity contribution in [1.82, 2.24) is 9.13 Å². The van der Waals surface area contributed by atoms with E-state index in [0.29, 0.717) is 30.0 Å². The summed E-state index contributed by atoms with van der Waals surface area (Å²) in [5, 5.41) is 37.5. The number of carboxylic acids is 2. The summed E-state index contributed by atoms with van der Waals surface area (Å²) in [7, 11) is 4.42. The first kappa shape index (κ1) is 39.2. The summed E-state index contributed by atoms with van der Waals surface area (Å²) in [6.45, 7) is 0. The third kappa shape index (κ3) is 9.32. The zero-order chi connectivity index (χ0) is 39.6. The van der Waals surface area contributed by atoms with Crippen LogP contribution in [0.3, 0.4) is 0 Å². The van der Waals surface area contributed by atoms with Gasteiger partial charge in [-0.2, -0.15) is 0 Å². The summed E-state index contributed by atoms with van der Waals surface area (Å²) in [5.74, 6) is -2.38. The molecule has 0 radical (unpaired) electrons. The predicted molar refractivity (Wildman–Crippen MR) is 202 cm³/mol. The molecule has 0 aliphatic rings. The quantitative estimate of drug-likeness (QED) is 0.0859. The average molecular weight is 751 g/mol. The largest absolute Gasteiger partial charge is 0.507 e. The summed E-state index contributed by atoms with van der Waals surface area (Å²) in [6.07, 6.45) is 0.536. The maximum atomic E-state index is 13.9. The van der Waals surface area contributed by atoms with Gasteiger partial charge in [0.1, 0.15) is 22.8 Å². The van der Waals surface area contributed by atoms with E-state index in [1.54, 1.807) is 30.9 Å². The topological polar surface area (TPSA) is 170 Å². The van der Waals surface area contributed by atoms with Crippen LogP contribution in [0.2, 0.25) is 0 Å². The third-order valence-corrected chi connectivity index (χ3v) is 8.72. The number of aryl methyl sites for hydroxylation is 2. The van der Waals surface area contributed by atoms with E-state index in [4.69, 9.17) is 24.4 Å². The number of benzene rings is 4. The first-order valence-electron chi connectivity index (χ1n) is 17.0. The fraction of sp³-hybridized carbons (Fsp3) is 0.167. The molecule has 0 unspecified atom stereocenters. The van der Waals surface area contributed by atoms with Crippen molar-refractivity contribution >= 4 is 17.9 Å². The maximum absolute atomic E-state index is 13.9. The number of hydrogen-bond acceptors (Lipinski definition) is 8. The van der Waals surface area contributed by atoms with E-state index in [-0.39, 0.29) is 24.2 Å². The molecular weight excluding hydrogens is 711 g/mol. The zero-order valence-corrected chi connectivity index (χ0v) is 30.2. The van der Waals surface area contributed by atoms with E-state index >= 15 is 0 Å². The molecule has 0 fully saturated rings. The van der Waals surface area contributed by atoms with Crippen LogP contribution >= 0.6 is 0 Å². The molecule has 0 aliphatic carbocycles. The first-order chi connectivity index (χ1) is 26.4. The number of ether oxygens (including phenoxy) is 3. The Morgan fingerprint density at radius 1 is 0.582 bits per heavy atom. The van der Waals surface area contributed by atoms with Crippen molar-refractivity contribution in [3.05, 3.63) is 132 Å². The minimum absolute atomic E-state index is 0.0311. The molecule has 0 atom stereocenters. The summed E-state index contributed by atoms with van der Waals surface area (Å²) in [4.78, 5) is 34.0. The Kier molecular flexibility index (Phi) is 12.6. The molecule has 0 saturated heterocycles. The van der Waals surface area contributed by atoms with E-state index in [0.717, 1.165) is 39.7 Å². The lowest BCUT2D eigenvalue weighted by Crippen LogP contribution is -2.07. The van der Waals surface area contributed by atoms with Crippen molar-refractivity contribution in [1.29, 1.82) is 0 Å². The average Bonchev–Trinajstić information content (AvgIpc) is 3.82. The molecule has 0 saturated carbocycles. The number of hydrogen-bond donors (Lipinski definition) is 4. The number of aliphatic carboxylic acids is 2. The standard InChI is InChI=1S/C22H21NO6.C20H18FNO4/c1-28-17-8-3-14(4-9-17)19-10-5-15(7-12-21(25)26)23(19)16-6-11-20(24)18(13-16)22(27)29-2;1-26-16-7-2-13(3-8-16)18-9-4-14(6-11-20(24)25)22(18)15-5-10-19(23)17(21)12-15/h3-6,8-11,13,24H,7,12H2,1-2H3,(H,25,26);2-5,7-10,12,23H,6,11H2,1H3,(H,24,25). The molecule has 2 aromatic heterocycles. The normalized spacial score (nSPS) is 10.6. The Morgan fingerprint density at radius 3 is 1.42 bits per heavy atom. The lowest BCUT2D eigenvalue weighted by Gasteiger charge is -2.15. The molecule has 2 heterocycles. The van der Waals surface area contributed by atoms with Crippen LogP contribution in [0.5, 0.6) is 23.0 Å². The summed E-state index contributed by atoms with van der Waals surface area (Å²) in [6, 6.07) is 31.0. The molecule has 55 heavy (non-hydrogen) atoms. The van der Waals surface area contributed by atoms with E-state index in [9.17, 15) is 29.0 Å². The predicted octanol–water partition coefficient (Wildman–Crippen LogP) is 7.68. The monoisotopic (exact) mass is 750 g/mol. The molecule has 0 spiro atoms. The lowest BCUT2D eigenvalue weighted by atomic mass is 10.1. The SMILES string of the molecule is COC(=O)c1cc(-n2c(CCC(=O)O)ccc2-c2ccc(OC)cc2)ccc1O.COc1ccc(-c2ccc(CCC(=O)O)n2-c2ccc(O)c(F)c2)cc1. The first-order valence-corrected chi connectivity index (χ1v) is 17.0. The van der Waals surface area contributed by atoms with Crippen LogP contribution in [0.15, 0.2) is 109 Å². The zero-order valence-electron chi connectivity index (χ0n) is 30.2. The van der Waals surface area contributed by atoms with Gasteiger partial charge in [0, 0.05) is 28.8 Å². The highest BCUT2D eigenvalue weighted by molar-refractivity contribution is 5.93. The number of methoxy groups -OCH3 is 3. The fourth-order valence-electron chi connectivity index (χ4n) is 5.97. The lowest BCUT2D eigenvalue weighted by molar-refractivity contribution is -0.138. The number of phenols is 2. The van der Waals surface area contributed by atoms with Crippen LogP contribution in [0.4, 0.5) is 4.39 Å². The molecule has 284 valence electrons. The van der Waals surface area contributed by atoms with Crippen LogP contribution in [0, 0.1) is 5.82 Å². The Bertz CT molecular complexity index is 2290. The van der Waals surface area contributed by atoms with E-state index < -0.39 is 29.5 Å². The van der Waals surface area contributed by atoms with Crippen LogP contribution < -0.4 is 9.47 Å². The number of carboxylic acid groups (broad SMARTS) is 2. The third-order valence-electron chi connectivity index (χ3n) is 8.72. The maximum Gasteiger partial charge on any atom is 0.341 e. The van der Waals surface area contributed by atoms with Crippen molar-refractivity contribution in [3.8, 4) is 56.9 Å². The summed E-state index contributed by atoms with van der Waals surface area (Å²) < 4.78 is 32.7. The number of phenolic OH excluding ortho intramolecular Hbond substituents is 2. The van der Waals surface area contributed by atoms with E-state index in [1.165, 1.54) is 31.4 Å². The van der Waals surface area contributed by atoms with Crippen molar-refractivity contribution in [2.45, 2.75) is 25.7 Å². The molecule has 12 nitrogen and oxygen atoms in total. The van der Waals surface area contributed by atoms with Crippen LogP contribution in [0.1, 0.15) is 34.6 Å². The summed E-state index contributed by atoms with van der Waals surface area (Å²) in [5.41, 5.74) is 6.02. The van der Waals surface area contributed by atoms with Crippen LogP contribution in [0.25, 0.3) is 33.9 Å². The minimum Gasteiger partial charge on any atom is -0.507 e. The van der Waals surface area contributed by atoms with Crippen molar-refractivity contribution in [2.75, 3.05) is 21.3 Å². The van der Waals surface area contributed by atoms with Gasteiger partial charge in [-0.25, -0.2) is 9.18 Å². The number of halogens is 1. The van der Waals surface area contributed by atoms with Gasteiger partial charge in [0.2, 0.25) is 0 Å². The van der Waals surface area contributed by atoms with Crippen LogP contribution in [-0.2, 0) is 27.2 Å². The van der Waals surface area contributed by atoms with Gasteiger partial charge in [0.15, 0.2) is 11.6 Å². The van der Waals surface area contributed by atoms with E-state index in [2.05, 4.69) is 0 Å². The smallest absolute Gasteiger partial charge is 0.341 e. The second-order valence-electron chi connectivity index (χ2n) is 12.2. The number of rotatable bonds is 13. The van der Waals surface area contributed by atoms with E-state index in [1.807, 2.05) is 77.4 Å². The fourth-order valence-corrected chi connectivity index (χ4v) is 5.97. The van der Waals surface area contributed by atoms with Gasteiger partial charge in [-0.3, -0.25) is 9.59 Å². The summed E-state index contributed by atoms with van der Waals surface area (Å²) >= 11 is 0. The molecular formula is C42H39FN2O10. The number of nitrogens with zero attached hydrogens (tertiary/aromatic N) is 2. The number of aromatic nitrogens is 2. The highest BCUT2D eigenvalue weighted by Gasteiger charge is 2.18. The Labute approximate surface area is 315 Å². The Balaban J connectivity index is 0.000000212. The second-order valence-corrected chi connectivity index (χ2v) is 12.2. The number of carbonyl (C=O) groups excluding carboxylic acids is 1. The molecule has 6 aromatic rings. The second kappa shape index (κ2) is 17.7. The van der Waals surface area contributed by atoms with Gasteiger partial charge in [0.05, 0.1) is 45.6 Å². The van der Waals surface area contributed by atoms with Gasteiger partial charge in [-0.15, -0.1) is 0 Å². The van der Waals surface area contributed by atoms with Crippen molar-refractivity contribution in [2.24, 2.45) is 0 Å². The Hall–Kier alpha value is -7.02. The molecule has 0 aliphatic heterocycles. The Morgan fingerprint density at radius 2 is 1.02 bits per heavy atom. The number of aromatic hydroxyl groups is 2. The highest BCUT2D eigenvalue weighted by Crippen LogP contribution is 2.32.